The average Bonchev–Trinajstić information content (AvgIpc) is 2.63. The molecule has 0 bridgehead atoms. The predicted molar refractivity (Wildman–Crippen MR) is 93.0 cm³/mol. The van der Waals surface area contributed by atoms with E-state index < -0.39 is 5.97 Å². The number of carbonyl (C=O) groups excluding carboxylic acids is 2. The van der Waals surface area contributed by atoms with Crippen molar-refractivity contribution in [2.24, 2.45) is 0 Å². The second-order valence-electron chi connectivity index (χ2n) is 6.05. The quantitative estimate of drug-likeness (QED) is 0.705. The molecular weight excluding hydrogens is 342 g/mol. The molecule has 1 aliphatic rings. The van der Waals surface area contributed by atoms with Crippen molar-refractivity contribution < 1.29 is 33.3 Å². The summed E-state index contributed by atoms with van der Waals surface area (Å²) >= 11 is 0. The highest BCUT2D eigenvalue weighted by Gasteiger charge is 2.27. The summed E-state index contributed by atoms with van der Waals surface area (Å²) in [5.74, 6) is 0.139. The number of rotatable bonds is 6. The highest BCUT2D eigenvalue weighted by molar-refractivity contribution is 5.92. The topological polar surface area (TPSA) is 83.5 Å². The third-order valence-corrected chi connectivity index (χ3v) is 4.00. The number of nitrogens with zero attached hydrogens (tertiary/aromatic N) is 1. The Morgan fingerprint density at radius 1 is 1.04 bits per heavy atom. The predicted octanol–water partition coefficient (Wildman–Crippen LogP) is 1.50. The highest BCUT2D eigenvalue weighted by Crippen LogP contribution is 2.38. The molecule has 1 aromatic rings. The fourth-order valence-corrected chi connectivity index (χ4v) is 2.88. The number of hydrogen-bond donors (Lipinski definition) is 0. The van der Waals surface area contributed by atoms with Crippen LogP contribution < -0.4 is 14.2 Å². The van der Waals surface area contributed by atoms with Gasteiger partial charge in [-0.3, -0.25) is 4.79 Å². The van der Waals surface area contributed by atoms with Crippen molar-refractivity contribution in [1.29, 1.82) is 0 Å². The lowest BCUT2D eigenvalue weighted by Crippen LogP contribution is -2.49. The largest absolute Gasteiger partial charge is 0.493 e. The van der Waals surface area contributed by atoms with Crippen molar-refractivity contribution >= 4 is 11.9 Å². The molecule has 0 unspecified atom stereocenters. The van der Waals surface area contributed by atoms with Crippen LogP contribution in [0.5, 0.6) is 17.2 Å². The van der Waals surface area contributed by atoms with Gasteiger partial charge in [-0.05, 0) is 26.0 Å². The molecule has 0 aliphatic carbocycles. The first-order chi connectivity index (χ1) is 12.4. The van der Waals surface area contributed by atoms with Gasteiger partial charge in [-0.15, -0.1) is 0 Å². The Labute approximate surface area is 152 Å². The van der Waals surface area contributed by atoms with E-state index in [0.29, 0.717) is 30.3 Å². The monoisotopic (exact) mass is 367 g/mol. The molecule has 1 fully saturated rings. The fraction of sp³-hybridized carbons (Fsp3) is 0.556. The number of morpholine rings is 1. The lowest BCUT2D eigenvalue weighted by molar-refractivity contribution is -0.146. The summed E-state index contributed by atoms with van der Waals surface area (Å²) in [4.78, 5) is 26.3. The molecular formula is C18H25NO7. The summed E-state index contributed by atoms with van der Waals surface area (Å²) in [6.45, 7) is 4.42. The van der Waals surface area contributed by atoms with Gasteiger partial charge in [-0.25, -0.2) is 4.79 Å². The van der Waals surface area contributed by atoms with Gasteiger partial charge < -0.3 is 28.6 Å². The molecule has 1 aliphatic heterocycles. The summed E-state index contributed by atoms with van der Waals surface area (Å²) in [5, 5.41) is 0. The maximum Gasteiger partial charge on any atom is 0.338 e. The van der Waals surface area contributed by atoms with Gasteiger partial charge in [-0.2, -0.15) is 0 Å². The molecule has 1 heterocycles. The van der Waals surface area contributed by atoms with Gasteiger partial charge in [0, 0.05) is 13.1 Å². The molecule has 0 radical (unpaired) electrons. The lowest BCUT2D eigenvalue weighted by Gasteiger charge is -2.35. The molecule has 0 saturated carbocycles. The Balaban J connectivity index is 2.04. The van der Waals surface area contributed by atoms with E-state index >= 15 is 0 Å². The van der Waals surface area contributed by atoms with Gasteiger partial charge in [0.1, 0.15) is 0 Å². The molecule has 144 valence electrons. The van der Waals surface area contributed by atoms with E-state index in [-0.39, 0.29) is 30.3 Å². The molecule has 8 heteroatoms. The Morgan fingerprint density at radius 3 is 2.04 bits per heavy atom. The van der Waals surface area contributed by atoms with Crippen molar-refractivity contribution in [2.75, 3.05) is 41.0 Å². The standard InChI is InChI=1S/C18H25NO7/c1-11-8-19(9-12(2)26-11)16(20)10-25-18(21)13-6-14(22-3)17(24-5)15(7-13)23-4/h6-7,11-12H,8-10H2,1-5H3/t11-,12+. The van der Waals surface area contributed by atoms with Crippen LogP contribution in [0, 0.1) is 0 Å². The van der Waals surface area contributed by atoms with Crippen LogP contribution in [0.3, 0.4) is 0 Å². The van der Waals surface area contributed by atoms with Gasteiger partial charge >= 0.3 is 5.97 Å². The van der Waals surface area contributed by atoms with Crippen molar-refractivity contribution in [1.82, 2.24) is 4.90 Å². The maximum atomic E-state index is 12.3. The molecule has 0 spiro atoms. The first kappa shape index (κ1) is 19.8. The second kappa shape index (κ2) is 8.75. The number of benzene rings is 1. The van der Waals surface area contributed by atoms with Crippen LogP contribution in [0.15, 0.2) is 12.1 Å². The summed E-state index contributed by atoms with van der Waals surface area (Å²) < 4.78 is 26.4. The first-order valence-electron chi connectivity index (χ1n) is 8.30. The van der Waals surface area contributed by atoms with Crippen LogP contribution in [-0.2, 0) is 14.3 Å². The van der Waals surface area contributed by atoms with E-state index in [9.17, 15) is 9.59 Å². The Bertz CT molecular complexity index is 626. The highest BCUT2D eigenvalue weighted by atomic mass is 16.5. The van der Waals surface area contributed by atoms with Crippen LogP contribution in [0.1, 0.15) is 24.2 Å². The normalized spacial score (nSPS) is 19.7. The number of ether oxygens (including phenoxy) is 5. The SMILES string of the molecule is COc1cc(C(=O)OCC(=O)N2C[C@@H](C)O[C@@H](C)C2)cc(OC)c1OC. The lowest BCUT2D eigenvalue weighted by atomic mass is 10.2. The van der Waals surface area contributed by atoms with E-state index in [1.807, 2.05) is 13.8 Å². The third-order valence-electron chi connectivity index (χ3n) is 4.00. The Kier molecular flexibility index (Phi) is 6.68. The van der Waals surface area contributed by atoms with E-state index in [0.717, 1.165) is 0 Å². The minimum Gasteiger partial charge on any atom is -0.493 e. The second-order valence-corrected chi connectivity index (χ2v) is 6.05. The molecule has 2 rings (SSSR count). The minimum atomic E-state index is -0.646. The van der Waals surface area contributed by atoms with Gasteiger partial charge in [-0.1, -0.05) is 0 Å². The Hall–Kier alpha value is -2.48. The summed E-state index contributed by atoms with van der Waals surface area (Å²) in [6.07, 6.45) is -0.0953. The number of amides is 1. The van der Waals surface area contributed by atoms with Crippen LogP contribution >= 0.6 is 0 Å². The minimum absolute atomic E-state index is 0.0477. The summed E-state index contributed by atoms with van der Waals surface area (Å²) in [6, 6.07) is 2.96. The van der Waals surface area contributed by atoms with E-state index in [2.05, 4.69) is 0 Å². The average molecular weight is 367 g/mol. The third kappa shape index (κ3) is 4.57. The van der Waals surface area contributed by atoms with Gasteiger partial charge in [0.15, 0.2) is 18.1 Å². The van der Waals surface area contributed by atoms with Crippen LogP contribution in [0.2, 0.25) is 0 Å². The van der Waals surface area contributed by atoms with Crippen LogP contribution in [0.25, 0.3) is 0 Å². The molecule has 8 nitrogen and oxygen atoms in total. The van der Waals surface area contributed by atoms with Crippen molar-refractivity contribution in [3.05, 3.63) is 17.7 Å². The zero-order valence-electron chi connectivity index (χ0n) is 15.7. The van der Waals surface area contributed by atoms with E-state index in [1.54, 1.807) is 4.90 Å². The van der Waals surface area contributed by atoms with E-state index in [1.165, 1.54) is 33.5 Å². The smallest absolute Gasteiger partial charge is 0.338 e. The first-order valence-corrected chi connectivity index (χ1v) is 8.30. The molecule has 26 heavy (non-hydrogen) atoms. The van der Waals surface area contributed by atoms with Crippen molar-refractivity contribution in [3.63, 3.8) is 0 Å². The van der Waals surface area contributed by atoms with Gasteiger partial charge in [0.05, 0.1) is 39.1 Å². The maximum absolute atomic E-state index is 12.3. The van der Waals surface area contributed by atoms with E-state index in [4.69, 9.17) is 23.7 Å². The van der Waals surface area contributed by atoms with Gasteiger partial charge in [0.2, 0.25) is 5.75 Å². The molecule has 0 N–H and O–H groups in total. The van der Waals surface area contributed by atoms with Crippen LogP contribution in [0.4, 0.5) is 0 Å². The molecule has 1 amide bonds. The zero-order chi connectivity index (χ0) is 19.3. The van der Waals surface area contributed by atoms with Crippen molar-refractivity contribution in [3.8, 4) is 17.2 Å². The van der Waals surface area contributed by atoms with Crippen molar-refractivity contribution in [2.45, 2.75) is 26.1 Å². The summed E-state index contributed by atoms with van der Waals surface area (Å²) in [7, 11) is 4.38. The number of methoxy groups -OCH3 is 3. The van der Waals surface area contributed by atoms with Crippen LogP contribution in [-0.4, -0.2) is 70.0 Å². The number of carbonyl (C=O) groups is 2. The molecule has 1 saturated heterocycles. The number of esters is 1. The fourth-order valence-electron chi connectivity index (χ4n) is 2.88. The molecule has 2 atom stereocenters. The number of hydrogen-bond acceptors (Lipinski definition) is 7. The molecule has 0 aromatic heterocycles. The summed E-state index contributed by atoms with van der Waals surface area (Å²) in [5.41, 5.74) is 0.205. The van der Waals surface area contributed by atoms with Gasteiger partial charge in [0.25, 0.3) is 5.91 Å². The zero-order valence-corrected chi connectivity index (χ0v) is 15.7. The Morgan fingerprint density at radius 2 is 1.58 bits per heavy atom. The molecule has 1 aromatic carbocycles.